The molecule has 12 heavy (non-hydrogen) atoms. The lowest BCUT2D eigenvalue weighted by Gasteiger charge is -2.29. The second-order valence-corrected chi connectivity index (χ2v) is 2.94. The molecule has 1 heterocycles. The monoisotopic (exact) mass is 171 g/mol. The number of methoxy groups -OCH3 is 1. The number of ether oxygens (including phenoxy) is 1. The first-order valence-corrected chi connectivity index (χ1v) is 4.00. The zero-order valence-electron chi connectivity index (χ0n) is 7.37. The predicted octanol–water partition coefficient (Wildman–Crippen LogP) is 0.170. The van der Waals surface area contributed by atoms with E-state index in [1.165, 1.54) is 12.0 Å². The van der Waals surface area contributed by atoms with Gasteiger partial charge in [0.25, 0.3) is 0 Å². The molecular weight excluding hydrogens is 158 g/mol. The Hall–Kier alpha value is -1.06. The van der Waals surface area contributed by atoms with E-state index in [9.17, 15) is 9.59 Å². The lowest BCUT2D eigenvalue weighted by molar-refractivity contribution is -0.154. The Balaban J connectivity index is 2.63. The standard InChI is InChI=1S/C8H13NO3/c1-9-6(8(11)12-2)4-3-5-7(9)10/h6H,3-5H2,1-2H3/t6-/m1/s1. The number of hydrogen-bond donors (Lipinski definition) is 0. The van der Waals surface area contributed by atoms with Crippen LogP contribution in [0.25, 0.3) is 0 Å². The molecule has 0 aromatic carbocycles. The second kappa shape index (κ2) is 3.56. The van der Waals surface area contributed by atoms with Crippen LogP contribution < -0.4 is 0 Å². The third-order valence-corrected chi connectivity index (χ3v) is 2.20. The molecule has 0 bridgehead atoms. The minimum atomic E-state index is -0.365. The molecule has 0 unspecified atom stereocenters. The van der Waals surface area contributed by atoms with Crippen molar-refractivity contribution >= 4 is 11.9 Å². The van der Waals surface area contributed by atoms with Crippen LogP contribution >= 0.6 is 0 Å². The molecule has 1 aliphatic heterocycles. The van der Waals surface area contributed by atoms with Gasteiger partial charge in [0, 0.05) is 13.5 Å². The maximum atomic E-state index is 11.1. The number of piperidine rings is 1. The summed E-state index contributed by atoms with van der Waals surface area (Å²) in [5.74, 6) is -0.290. The number of likely N-dealkylation sites (tertiary alicyclic amines) is 1. The summed E-state index contributed by atoms with van der Waals surface area (Å²) < 4.78 is 4.58. The van der Waals surface area contributed by atoms with Gasteiger partial charge in [0.2, 0.25) is 5.91 Å². The Kier molecular flexibility index (Phi) is 2.68. The van der Waals surface area contributed by atoms with Crippen molar-refractivity contribution in [1.29, 1.82) is 0 Å². The van der Waals surface area contributed by atoms with Crippen LogP contribution in [0.3, 0.4) is 0 Å². The fraction of sp³-hybridized carbons (Fsp3) is 0.750. The molecule has 0 aromatic heterocycles. The maximum Gasteiger partial charge on any atom is 0.328 e. The molecule has 0 radical (unpaired) electrons. The molecule has 1 fully saturated rings. The van der Waals surface area contributed by atoms with E-state index in [0.29, 0.717) is 6.42 Å². The van der Waals surface area contributed by atoms with Crippen molar-refractivity contribution in [2.45, 2.75) is 25.3 Å². The minimum Gasteiger partial charge on any atom is -0.467 e. The van der Waals surface area contributed by atoms with E-state index < -0.39 is 0 Å². The number of rotatable bonds is 1. The molecule has 0 aromatic rings. The number of amides is 1. The third kappa shape index (κ3) is 1.57. The quantitative estimate of drug-likeness (QED) is 0.528. The molecule has 4 nitrogen and oxygen atoms in total. The zero-order valence-corrected chi connectivity index (χ0v) is 7.37. The summed E-state index contributed by atoms with van der Waals surface area (Å²) in [6.45, 7) is 0. The van der Waals surface area contributed by atoms with Crippen molar-refractivity contribution in [1.82, 2.24) is 4.90 Å². The molecule has 0 N–H and O–H groups in total. The molecule has 4 heteroatoms. The highest BCUT2D eigenvalue weighted by Crippen LogP contribution is 2.16. The van der Waals surface area contributed by atoms with Crippen molar-refractivity contribution in [3.8, 4) is 0 Å². The van der Waals surface area contributed by atoms with Gasteiger partial charge in [0.15, 0.2) is 0 Å². The predicted molar refractivity (Wildman–Crippen MR) is 42.4 cm³/mol. The zero-order chi connectivity index (χ0) is 9.14. The number of nitrogens with zero attached hydrogens (tertiary/aromatic N) is 1. The summed E-state index contributed by atoms with van der Waals surface area (Å²) >= 11 is 0. The van der Waals surface area contributed by atoms with Gasteiger partial charge in [0.05, 0.1) is 7.11 Å². The van der Waals surface area contributed by atoms with Crippen LogP contribution in [-0.4, -0.2) is 37.0 Å². The fourth-order valence-corrected chi connectivity index (χ4v) is 1.40. The molecular formula is C8H13NO3. The second-order valence-electron chi connectivity index (χ2n) is 2.94. The highest BCUT2D eigenvalue weighted by molar-refractivity contribution is 5.85. The van der Waals surface area contributed by atoms with Gasteiger partial charge >= 0.3 is 5.97 Å². The molecule has 1 amide bonds. The summed E-state index contributed by atoms with van der Waals surface area (Å²) in [7, 11) is 2.98. The maximum absolute atomic E-state index is 11.1. The van der Waals surface area contributed by atoms with Gasteiger partial charge in [0.1, 0.15) is 6.04 Å². The van der Waals surface area contributed by atoms with Crippen LogP contribution in [0.15, 0.2) is 0 Å². The molecule has 68 valence electrons. The molecule has 1 rings (SSSR count). The molecule has 1 aliphatic rings. The van der Waals surface area contributed by atoms with Crippen molar-refractivity contribution in [3.05, 3.63) is 0 Å². The highest BCUT2D eigenvalue weighted by atomic mass is 16.5. The third-order valence-electron chi connectivity index (χ3n) is 2.20. The van der Waals surface area contributed by atoms with E-state index in [0.717, 1.165) is 12.8 Å². The van der Waals surface area contributed by atoms with Crippen LogP contribution in [-0.2, 0) is 14.3 Å². The Bertz CT molecular complexity index is 202. The molecule has 0 spiro atoms. The number of carbonyl (C=O) groups excluding carboxylic acids is 2. The van der Waals surface area contributed by atoms with E-state index in [1.807, 2.05) is 0 Å². The number of carbonyl (C=O) groups is 2. The molecule has 0 saturated carbocycles. The van der Waals surface area contributed by atoms with Crippen LogP contribution in [0.4, 0.5) is 0 Å². The Morgan fingerprint density at radius 1 is 1.67 bits per heavy atom. The smallest absolute Gasteiger partial charge is 0.328 e. The normalized spacial score (nSPS) is 24.0. The lowest BCUT2D eigenvalue weighted by Crippen LogP contribution is -2.45. The Morgan fingerprint density at radius 2 is 2.33 bits per heavy atom. The van der Waals surface area contributed by atoms with Gasteiger partial charge in [-0.25, -0.2) is 4.79 Å². The SMILES string of the molecule is COC(=O)[C@H]1CCCC(=O)N1C. The van der Waals surface area contributed by atoms with E-state index >= 15 is 0 Å². The van der Waals surface area contributed by atoms with E-state index in [4.69, 9.17) is 0 Å². The van der Waals surface area contributed by atoms with Crippen LogP contribution in [0.5, 0.6) is 0 Å². The van der Waals surface area contributed by atoms with Crippen LogP contribution in [0.2, 0.25) is 0 Å². The summed E-state index contributed by atoms with van der Waals surface area (Å²) in [5.41, 5.74) is 0. The number of esters is 1. The summed E-state index contributed by atoms with van der Waals surface area (Å²) in [6, 6.07) is -0.365. The highest BCUT2D eigenvalue weighted by Gasteiger charge is 2.30. The van der Waals surface area contributed by atoms with E-state index in [2.05, 4.69) is 4.74 Å². The topological polar surface area (TPSA) is 46.6 Å². The Labute approximate surface area is 71.5 Å². The average molecular weight is 171 g/mol. The first-order valence-electron chi connectivity index (χ1n) is 4.00. The summed E-state index contributed by atoms with van der Waals surface area (Å²) in [5, 5.41) is 0. The van der Waals surface area contributed by atoms with E-state index in [-0.39, 0.29) is 17.9 Å². The van der Waals surface area contributed by atoms with E-state index in [1.54, 1.807) is 7.05 Å². The average Bonchev–Trinajstić information content (AvgIpc) is 2.08. The first kappa shape index (κ1) is 9.03. The van der Waals surface area contributed by atoms with Crippen molar-refractivity contribution in [3.63, 3.8) is 0 Å². The first-order chi connectivity index (χ1) is 5.66. The fourth-order valence-electron chi connectivity index (χ4n) is 1.40. The van der Waals surface area contributed by atoms with Gasteiger partial charge in [-0.2, -0.15) is 0 Å². The van der Waals surface area contributed by atoms with Crippen molar-refractivity contribution in [2.24, 2.45) is 0 Å². The van der Waals surface area contributed by atoms with Crippen molar-refractivity contribution < 1.29 is 14.3 Å². The van der Waals surface area contributed by atoms with Crippen LogP contribution in [0, 0.1) is 0 Å². The van der Waals surface area contributed by atoms with Gasteiger partial charge < -0.3 is 9.64 Å². The lowest BCUT2D eigenvalue weighted by atomic mass is 10.0. The molecule has 1 saturated heterocycles. The van der Waals surface area contributed by atoms with Gasteiger partial charge in [-0.15, -0.1) is 0 Å². The van der Waals surface area contributed by atoms with Crippen molar-refractivity contribution in [2.75, 3.05) is 14.2 Å². The van der Waals surface area contributed by atoms with Crippen LogP contribution in [0.1, 0.15) is 19.3 Å². The molecule has 0 aliphatic carbocycles. The number of likely N-dealkylation sites (N-methyl/N-ethyl adjacent to an activating group) is 1. The van der Waals surface area contributed by atoms with Gasteiger partial charge in [-0.3, -0.25) is 4.79 Å². The minimum absolute atomic E-state index is 0.0247. The Morgan fingerprint density at radius 3 is 2.92 bits per heavy atom. The molecule has 1 atom stereocenters. The van der Waals surface area contributed by atoms with Gasteiger partial charge in [-0.05, 0) is 12.8 Å². The van der Waals surface area contributed by atoms with Gasteiger partial charge in [-0.1, -0.05) is 0 Å². The number of hydrogen-bond acceptors (Lipinski definition) is 3. The summed E-state index contributed by atoms with van der Waals surface area (Å²) in [6.07, 6.45) is 2.04. The summed E-state index contributed by atoms with van der Waals surface area (Å²) in [4.78, 5) is 23.7. The largest absolute Gasteiger partial charge is 0.467 e.